The van der Waals surface area contributed by atoms with E-state index in [4.69, 9.17) is 4.74 Å². The summed E-state index contributed by atoms with van der Waals surface area (Å²) in [5.41, 5.74) is 2.24. The van der Waals surface area contributed by atoms with Gasteiger partial charge in [-0.05, 0) is 45.2 Å². The minimum Gasteiger partial charge on any atom is -0.382 e. The molecule has 0 saturated carbocycles. The fourth-order valence-electron chi connectivity index (χ4n) is 2.64. The Hall–Kier alpha value is -1.35. The summed E-state index contributed by atoms with van der Waals surface area (Å²) in [6, 6.07) is 8.23. The van der Waals surface area contributed by atoms with Gasteiger partial charge in [0.25, 0.3) is 0 Å². The first-order chi connectivity index (χ1) is 12.3. The average molecular weight is 473 g/mol. The minimum absolute atomic E-state index is 0. The number of aliphatic imine (C=N–C) groups is 1. The molecule has 6 nitrogen and oxygen atoms in total. The summed E-state index contributed by atoms with van der Waals surface area (Å²) >= 11 is 0. The van der Waals surface area contributed by atoms with Crippen molar-refractivity contribution in [3.8, 4) is 0 Å². The number of hydrogen-bond acceptors (Lipinski definition) is 3. The zero-order valence-electron chi connectivity index (χ0n) is 15.9. The first kappa shape index (κ1) is 22.7. The second-order valence-corrected chi connectivity index (χ2v) is 5.87. The van der Waals surface area contributed by atoms with Crippen molar-refractivity contribution in [1.82, 2.24) is 20.2 Å². The van der Waals surface area contributed by atoms with Gasteiger partial charge in [-0.3, -0.25) is 4.99 Å². The number of guanidine groups is 1. The Bertz CT molecular complexity index is 644. The molecule has 0 aliphatic carbocycles. The zero-order chi connectivity index (χ0) is 17.7. The van der Waals surface area contributed by atoms with Crippen LogP contribution < -0.4 is 10.6 Å². The largest absolute Gasteiger partial charge is 0.382 e. The Labute approximate surface area is 173 Å². The fourth-order valence-corrected chi connectivity index (χ4v) is 2.64. The SMILES string of the molecule is CCNC(=NCCCn1cnc2ccccc21)NCCCCOCC.I. The molecule has 0 aliphatic heterocycles. The van der Waals surface area contributed by atoms with Crippen molar-refractivity contribution >= 4 is 41.0 Å². The van der Waals surface area contributed by atoms with Crippen LogP contribution in [0.4, 0.5) is 0 Å². The standard InChI is InChI=1S/C19H31N5O.HI/c1-3-20-19(21-12-7-8-15-25-4-2)22-13-9-14-24-16-23-17-10-5-6-11-18(17)24;/h5-6,10-11,16H,3-4,7-9,12-15H2,1-2H3,(H2,20,21,22);1H. The molecule has 1 aromatic heterocycles. The van der Waals surface area contributed by atoms with Crippen LogP contribution in [0.3, 0.4) is 0 Å². The molecule has 0 aliphatic rings. The summed E-state index contributed by atoms with van der Waals surface area (Å²) in [5.74, 6) is 0.898. The summed E-state index contributed by atoms with van der Waals surface area (Å²) < 4.78 is 7.55. The summed E-state index contributed by atoms with van der Waals surface area (Å²) in [6.45, 7) is 9.26. The molecule has 0 spiro atoms. The maximum atomic E-state index is 5.35. The predicted molar refractivity (Wildman–Crippen MR) is 119 cm³/mol. The van der Waals surface area contributed by atoms with Crippen LogP contribution in [0.5, 0.6) is 0 Å². The molecular weight excluding hydrogens is 441 g/mol. The van der Waals surface area contributed by atoms with E-state index in [9.17, 15) is 0 Å². The molecule has 0 radical (unpaired) electrons. The molecule has 0 amide bonds. The third kappa shape index (κ3) is 7.90. The molecule has 7 heteroatoms. The van der Waals surface area contributed by atoms with Crippen LogP contribution in [0.2, 0.25) is 0 Å². The average Bonchev–Trinajstić information content (AvgIpc) is 3.04. The molecule has 1 aromatic carbocycles. The second-order valence-electron chi connectivity index (χ2n) is 5.87. The Kier molecular flexibility index (Phi) is 12.0. The Balaban J connectivity index is 0.00000338. The number of unbranched alkanes of at least 4 members (excludes halogenated alkanes) is 1. The summed E-state index contributed by atoms with van der Waals surface area (Å²) in [4.78, 5) is 9.08. The molecule has 1 heterocycles. The third-order valence-electron chi connectivity index (χ3n) is 3.91. The smallest absolute Gasteiger partial charge is 0.191 e. The molecule has 0 fully saturated rings. The van der Waals surface area contributed by atoms with Crippen LogP contribution in [0, 0.1) is 0 Å². The molecule has 2 N–H and O–H groups in total. The van der Waals surface area contributed by atoms with Crippen LogP contribution in [0.1, 0.15) is 33.1 Å². The lowest BCUT2D eigenvalue weighted by molar-refractivity contribution is 0.143. The van der Waals surface area contributed by atoms with Crippen LogP contribution in [0.15, 0.2) is 35.6 Å². The molecule has 146 valence electrons. The molecule has 0 saturated heterocycles. The van der Waals surface area contributed by atoms with Gasteiger partial charge in [0, 0.05) is 39.4 Å². The van der Waals surface area contributed by atoms with Gasteiger partial charge < -0.3 is 19.9 Å². The molecule has 0 atom stereocenters. The number of aryl methyl sites for hydroxylation is 1. The van der Waals surface area contributed by atoms with E-state index in [1.807, 2.05) is 25.4 Å². The van der Waals surface area contributed by atoms with E-state index in [1.54, 1.807) is 0 Å². The quantitative estimate of drug-likeness (QED) is 0.227. The Morgan fingerprint density at radius 2 is 2.00 bits per heavy atom. The van der Waals surface area contributed by atoms with E-state index >= 15 is 0 Å². The van der Waals surface area contributed by atoms with Crippen LogP contribution in [-0.2, 0) is 11.3 Å². The van der Waals surface area contributed by atoms with Crippen molar-refractivity contribution < 1.29 is 4.74 Å². The molecule has 2 aromatic rings. The van der Waals surface area contributed by atoms with Gasteiger partial charge in [-0.2, -0.15) is 0 Å². The van der Waals surface area contributed by atoms with Crippen LogP contribution in [0.25, 0.3) is 11.0 Å². The Morgan fingerprint density at radius 1 is 1.15 bits per heavy atom. The van der Waals surface area contributed by atoms with Gasteiger partial charge in [0.2, 0.25) is 0 Å². The van der Waals surface area contributed by atoms with E-state index in [2.05, 4.69) is 44.2 Å². The number of rotatable bonds is 11. The van der Waals surface area contributed by atoms with E-state index in [1.165, 1.54) is 5.52 Å². The third-order valence-corrected chi connectivity index (χ3v) is 3.91. The van der Waals surface area contributed by atoms with Gasteiger partial charge in [-0.15, -0.1) is 24.0 Å². The van der Waals surface area contributed by atoms with Gasteiger partial charge in [-0.25, -0.2) is 4.98 Å². The predicted octanol–water partition coefficient (Wildman–Crippen LogP) is 3.42. The van der Waals surface area contributed by atoms with Crippen molar-refractivity contribution in [3.05, 3.63) is 30.6 Å². The number of imidazole rings is 1. The van der Waals surface area contributed by atoms with E-state index in [-0.39, 0.29) is 24.0 Å². The van der Waals surface area contributed by atoms with E-state index in [0.717, 1.165) is 70.1 Å². The van der Waals surface area contributed by atoms with Crippen molar-refractivity contribution in [2.75, 3.05) is 32.8 Å². The van der Waals surface area contributed by atoms with Gasteiger partial charge in [0.15, 0.2) is 5.96 Å². The number of hydrogen-bond donors (Lipinski definition) is 2. The number of para-hydroxylation sites is 2. The molecule has 0 bridgehead atoms. The van der Waals surface area contributed by atoms with Gasteiger partial charge in [-0.1, -0.05) is 12.1 Å². The lowest BCUT2D eigenvalue weighted by atomic mass is 10.3. The monoisotopic (exact) mass is 473 g/mol. The van der Waals surface area contributed by atoms with Gasteiger partial charge >= 0.3 is 0 Å². The molecule has 0 unspecified atom stereocenters. The zero-order valence-corrected chi connectivity index (χ0v) is 18.2. The molecule has 26 heavy (non-hydrogen) atoms. The lowest BCUT2D eigenvalue weighted by Gasteiger charge is -2.11. The normalized spacial score (nSPS) is 11.4. The van der Waals surface area contributed by atoms with E-state index in [0.29, 0.717) is 0 Å². The van der Waals surface area contributed by atoms with Crippen LogP contribution in [-0.4, -0.2) is 48.4 Å². The number of benzene rings is 1. The van der Waals surface area contributed by atoms with Gasteiger partial charge in [0.1, 0.15) is 0 Å². The second kappa shape index (κ2) is 13.8. The molecular formula is C19H32IN5O. The molecule has 2 rings (SSSR count). The summed E-state index contributed by atoms with van der Waals surface area (Å²) in [7, 11) is 0. The van der Waals surface area contributed by atoms with Gasteiger partial charge in [0.05, 0.1) is 17.4 Å². The summed E-state index contributed by atoms with van der Waals surface area (Å²) in [6.07, 6.45) is 5.07. The highest BCUT2D eigenvalue weighted by molar-refractivity contribution is 14.0. The minimum atomic E-state index is 0. The number of nitrogens with zero attached hydrogens (tertiary/aromatic N) is 3. The van der Waals surface area contributed by atoms with Crippen LogP contribution >= 0.6 is 24.0 Å². The highest BCUT2D eigenvalue weighted by atomic mass is 127. The maximum absolute atomic E-state index is 5.35. The fraction of sp³-hybridized carbons (Fsp3) is 0.579. The lowest BCUT2D eigenvalue weighted by Crippen LogP contribution is -2.38. The number of fused-ring (bicyclic) bond motifs is 1. The topological polar surface area (TPSA) is 63.5 Å². The first-order valence-corrected chi connectivity index (χ1v) is 9.35. The number of nitrogens with one attached hydrogen (secondary N) is 2. The van der Waals surface area contributed by atoms with Crippen molar-refractivity contribution in [2.45, 2.75) is 39.7 Å². The van der Waals surface area contributed by atoms with E-state index < -0.39 is 0 Å². The van der Waals surface area contributed by atoms with Crippen molar-refractivity contribution in [3.63, 3.8) is 0 Å². The summed E-state index contributed by atoms with van der Waals surface area (Å²) in [5, 5.41) is 6.68. The first-order valence-electron chi connectivity index (χ1n) is 9.35. The number of halogens is 1. The maximum Gasteiger partial charge on any atom is 0.191 e. The van der Waals surface area contributed by atoms with Crippen molar-refractivity contribution in [2.24, 2.45) is 4.99 Å². The highest BCUT2D eigenvalue weighted by Gasteiger charge is 2.01. The number of ether oxygens (including phenoxy) is 1. The highest BCUT2D eigenvalue weighted by Crippen LogP contribution is 2.11. The van der Waals surface area contributed by atoms with Crippen molar-refractivity contribution in [1.29, 1.82) is 0 Å². The number of aromatic nitrogens is 2. The Morgan fingerprint density at radius 3 is 2.81 bits per heavy atom.